The van der Waals surface area contributed by atoms with E-state index in [0.29, 0.717) is 6.04 Å². The Morgan fingerprint density at radius 1 is 1.50 bits per heavy atom. The molecule has 1 heterocycles. The molecule has 1 aliphatic heterocycles. The van der Waals surface area contributed by atoms with Crippen molar-refractivity contribution in [2.24, 2.45) is 5.73 Å². The first-order valence-electron chi connectivity index (χ1n) is 6.90. The van der Waals surface area contributed by atoms with Crippen LogP contribution in [0, 0.1) is 0 Å². The Kier molecular flexibility index (Phi) is 4.66. The molecule has 0 aromatic heterocycles. The molecule has 0 radical (unpaired) electrons. The standard InChI is InChI=1S/C15H23ClN2/c1-3-14-8-5-9-18(14)15(11(2)17)12-6-4-7-13(16)10-12/h4,6-7,10-11,14-15H,3,5,8-9,17H2,1-2H3. The van der Waals surface area contributed by atoms with E-state index in [-0.39, 0.29) is 12.1 Å². The predicted octanol–water partition coefficient (Wildman–Crippen LogP) is 3.60. The van der Waals surface area contributed by atoms with Gasteiger partial charge in [0.2, 0.25) is 0 Å². The summed E-state index contributed by atoms with van der Waals surface area (Å²) in [6, 6.07) is 9.21. The minimum atomic E-state index is 0.121. The van der Waals surface area contributed by atoms with E-state index in [9.17, 15) is 0 Å². The number of nitrogens with zero attached hydrogens (tertiary/aromatic N) is 1. The van der Waals surface area contributed by atoms with Crippen molar-refractivity contribution in [3.8, 4) is 0 Å². The average molecular weight is 267 g/mol. The second-order valence-electron chi connectivity index (χ2n) is 5.30. The van der Waals surface area contributed by atoms with Crippen LogP contribution in [0.25, 0.3) is 0 Å². The van der Waals surface area contributed by atoms with E-state index in [0.717, 1.165) is 11.6 Å². The molecule has 0 spiro atoms. The van der Waals surface area contributed by atoms with Gasteiger partial charge in [0.15, 0.2) is 0 Å². The van der Waals surface area contributed by atoms with Gasteiger partial charge in [-0.25, -0.2) is 0 Å². The zero-order chi connectivity index (χ0) is 13.1. The van der Waals surface area contributed by atoms with Crippen LogP contribution in [0.2, 0.25) is 5.02 Å². The third-order valence-electron chi connectivity index (χ3n) is 3.94. The second kappa shape index (κ2) is 6.05. The van der Waals surface area contributed by atoms with Gasteiger partial charge in [0.05, 0.1) is 0 Å². The van der Waals surface area contributed by atoms with Crippen molar-refractivity contribution in [2.75, 3.05) is 6.54 Å². The van der Waals surface area contributed by atoms with Crippen LogP contribution >= 0.6 is 11.6 Å². The highest BCUT2D eigenvalue weighted by Gasteiger charge is 2.32. The van der Waals surface area contributed by atoms with Gasteiger partial charge in [-0.3, -0.25) is 4.90 Å². The number of nitrogens with two attached hydrogens (primary N) is 1. The van der Waals surface area contributed by atoms with E-state index in [1.807, 2.05) is 12.1 Å². The molecule has 2 nitrogen and oxygen atoms in total. The Hall–Kier alpha value is -0.570. The molecule has 0 amide bonds. The van der Waals surface area contributed by atoms with Crippen molar-refractivity contribution in [2.45, 2.75) is 51.2 Å². The molecular weight excluding hydrogens is 244 g/mol. The maximum absolute atomic E-state index is 6.23. The van der Waals surface area contributed by atoms with Crippen LogP contribution in [0.15, 0.2) is 24.3 Å². The zero-order valence-electron chi connectivity index (χ0n) is 11.3. The number of halogens is 1. The van der Waals surface area contributed by atoms with Crippen molar-refractivity contribution in [1.82, 2.24) is 4.90 Å². The van der Waals surface area contributed by atoms with Gasteiger partial charge in [-0.15, -0.1) is 0 Å². The molecule has 0 aliphatic carbocycles. The first-order chi connectivity index (χ1) is 8.63. The Morgan fingerprint density at radius 2 is 2.28 bits per heavy atom. The Morgan fingerprint density at radius 3 is 2.89 bits per heavy atom. The molecule has 3 atom stereocenters. The van der Waals surface area contributed by atoms with E-state index >= 15 is 0 Å². The van der Waals surface area contributed by atoms with Crippen LogP contribution in [-0.4, -0.2) is 23.5 Å². The van der Waals surface area contributed by atoms with Crippen molar-refractivity contribution in [3.05, 3.63) is 34.9 Å². The monoisotopic (exact) mass is 266 g/mol. The highest BCUT2D eigenvalue weighted by molar-refractivity contribution is 6.30. The molecule has 18 heavy (non-hydrogen) atoms. The molecule has 1 fully saturated rings. The third kappa shape index (κ3) is 2.87. The summed E-state index contributed by atoms with van der Waals surface area (Å²) in [7, 11) is 0. The van der Waals surface area contributed by atoms with Crippen LogP contribution in [0.1, 0.15) is 44.7 Å². The topological polar surface area (TPSA) is 29.3 Å². The molecule has 1 aromatic rings. The first-order valence-corrected chi connectivity index (χ1v) is 7.28. The van der Waals surface area contributed by atoms with Crippen molar-refractivity contribution in [3.63, 3.8) is 0 Å². The Bertz CT molecular complexity index is 392. The van der Waals surface area contributed by atoms with E-state index in [2.05, 4.69) is 30.9 Å². The molecular formula is C15H23ClN2. The van der Waals surface area contributed by atoms with Gasteiger partial charge in [-0.2, -0.15) is 0 Å². The predicted molar refractivity (Wildman–Crippen MR) is 77.9 cm³/mol. The first kappa shape index (κ1) is 13.9. The number of rotatable bonds is 4. The molecule has 1 aliphatic rings. The minimum Gasteiger partial charge on any atom is -0.326 e. The average Bonchev–Trinajstić information content (AvgIpc) is 2.77. The zero-order valence-corrected chi connectivity index (χ0v) is 12.0. The number of hydrogen-bond acceptors (Lipinski definition) is 2. The summed E-state index contributed by atoms with van der Waals surface area (Å²) in [5.41, 5.74) is 7.48. The molecule has 3 heteroatoms. The molecule has 3 unspecified atom stereocenters. The SMILES string of the molecule is CCC1CCCN1C(c1cccc(Cl)c1)C(C)N. The van der Waals surface area contributed by atoms with Crippen LogP contribution < -0.4 is 5.73 Å². The van der Waals surface area contributed by atoms with Gasteiger partial charge in [0.25, 0.3) is 0 Å². The lowest BCUT2D eigenvalue weighted by molar-refractivity contribution is 0.157. The summed E-state index contributed by atoms with van der Waals surface area (Å²) in [5.74, 6) is 0. The molecule has 0 bridgehead atoms. The smallest absolute Gasteiger partial charge is 0.0499 e. The van der Waals surface area contributed by atoms with E-state index in [1.165, 1.54) is 24.8 Å². The van der Waals surface area contributed by atoms with Gasteiger partial charge in [-0.1, -0.05) is 30.7 Å². The van der Waals surface area contributed by atoms with Crippen molar-refractivity contribution >= 4 is 11.6 Å². The Labute approximate surface area is 115 Å². The molecule has 1 saturated heterocycles. The lowest BCUT2D eigenvalue weighted by Crippen LogP contribution is -2.42. The molecule has 2 rings (SSSR count). The second-order valence-corrected chi connectivity index (χ2v) is 5.74. The van der Waals surface area contributed by atoms with E-state index in [1.54, 1.807) is 0 Å². The fraction of sp³-hybridized carbons (Fsp3) is 0.600. The number of likely N-dealkylation sites (tertiary alicyclic amines) is 1. The normalized spacial score (nSPS) is 24.1. The molecule has 2 N–H and O–H groups in total. The van der Waals surface area contributed by atoms with Crippen LogP contribution in [-0.2, 0) is 0 Å². The molecule has 100 valence electrons. The summed E-state index contributed by atoms with van der Waals surface area (Å²) >= 11 is 6.11. The highest BCUT2D eigenvalue weighted by Crippen LogP contribution is 2.33. The van der Waals surface area contributed by atoms with Gasteiger partial charge < -0.3 is 5.73 Å². The maximum atomic E-state index is 6.23. The quantitative estimate of drug-likeness (QED) is 0.902. The number of hydrogen-bond donors (Lipinski definition) is 1. The molecule has 1 aromatic carbocycles. The fourth-order valence-corrected chi connectivity index (χ4v) is 3.35. The number of benzene rings is 1. The summed E-state index contributed by atoms with van der Waals surface area (Å²) in [4.78, 5) is 2.57. The van der Waals surface area contributed by atoms with Crippen molar-refractivity contribution < 1.29 is 0 Å². The van der Waals surface area contributed by atoms with Gasteiger partial charge in [-0.05, 0) is 50.4 Å². The fourth-order valence-electron chi connectivity index (χ4n) is 3.15. The lowest BCUT2D eigenvalue weighted by atomic mass is 9.98. The lowest BCUT2D eigenvalue weighted by Gasteiger charge is -2.35. The van der Waals surface area contributed by atoms with Gasteiger partial charge in [0.1, 0.15) is 0 Å². The summed E-state index contributed by atoms with van der Waals surface area (Å²) in [6.45, 7) is 5.51. The van der Waals surface area contributed by atoms with Crippen LogP contribution in [0.4, 0.5) is 0 Å². The minimum absolute atomic E-state index is 0.121. The van der Waals surface area contributed by atoms with E-state index in [4.69, 9.17) is 17.3 Å². The van der Waals surface area contributed by atoms with E-state index < -0.39 is 0 Å². The third-order valence-corrected chi connectivity index (χ3v) is 4.17. The Balaban J connectivity index is 2.28. The van der Waals surface area contributed by atoms with Crippen LogP contribution in [0.5, 0.6) is 0 Å². The van der Waals surface area contributed by atoms with Gasteiger partial charge >= 0.3 is 0 Å². The summed E-state index contributed by atoms with van der Waals surface area (Å²) < 4.78 is 0. The largest absolute Gasteiger partial charge is 0.326 e. The maximum Gasteiger partial charge on any atom is 0.0499 e. The van der Waals surface area contributed by atoms with Crippen molar-refractivity contribution in [1.29, 1.82) is 0 Å². The van der Waals surface area contributed by atoms with Gasteiger partial charge in [0, 0.05) is 23.1 Å². The highest BCUT2D eigenvalue weighted by atomic mass is 35.5. The molecule has 0 saturated carbocycles. The summed E-state index contributed by atoms with van der Waals surface area (Å²) in [6.07, 6.45) is 3.77. The van der Waals surface area contributed by atoms with Crippen LogP contribution in [0.3, 0.4) is 0 Å². The summed E-state index contributed by atoms with van der Waals surface area (Å²) in [5, 5.41) is 0.797.